The Bertz CT molecular complexity index is 968. The molecular formula is C16H15N5O2. The van der Waals surface area contributed by atoms with Crippen molar-refractivity contribution in [2.24, 2.45) is 0 Å². The molecule has 0 aromatic carbocycles. The minimum atomic E-state index is -0.392. The van der Waals surface area contributed by atoms with E-state index >= 15 is 0 Å². The molecule has 0 atom stereocenters. The van der Waals surface area contributed by atoms with Gasteiger partial charge in [-0.15, -0.1) is 0 Å². The summed E-state index contributed by atoms with van der Waals surface area (Å²) in [4.78, 5) is 35.3. The van der Waals surface area contributed by atoms with Crippen LogP contribution in [0.3, 0.4) is 0 Å². The number of pyridine rings is 1. The van der Waals surface area contributed by atoms with E-state index in [4.69, 9.17) is 0 Å². The molecule has 1 amide bonds. The number of hydrogen-bond donors (Lipinski definition) is 2. The van der Waals surface area contributed by atoms with E-state index in [0.29, 0.717) is 11.5 Å². The molecule has 116 valence electrons. The van der Waals surface area contributed by atoms with Gasteiger partial charge in [0.05, 0.1) is 5.69 Å². The van der Waals surface area contributed by atoms with Crippen molar-refractivity contribution >= 4 is 17.2 Å². The second-order valence-electron chi connectivity index (χ2n) is 5.81. The van der Waals surface area contributed by atoms with Crippen LogP contribution in [0.2, 0.25) is 0 Å². The third-order valence-corrected chi connectivity index (χ3v) is 3.89. The van der Waals surface area contributed by atoms with Crippen molar-refractivity contribution in [2.45, 2.75) is 25.7 Å². The Balaban J connectivity index is 1.65. The first kappa shape index (κ1) is 13.7. The van der Waals surface area contributed by atoms with Crippen molar-refractivity contribution in [3.05, 3.63) is 58.2 Å². The summed E-state index contributed by atoms with van der Waals surface area (Å²) >= 11 is 0. The Hall–Kier alpha value is -2.96. The van der Waals surface area contributed by atoms with Gasteiger partial charge >= 0.3 is 0 Å². The third-order valence-electron chi connectivity index (χ3n) is 3.89. The first-order valence-electron chi connectivity index (χ1n) is 7.46. The molecule has 23 heavy (non-hydrogen) atoms. The number of nitrogens with one attached hydrogen (secondary N) is 2. The van der Waals surface area contributed by atoms with E-state index in [1.807, 2.05) is 23.6 Å². The summed E-state index contributed by atoms with van der Waals surface area (Å²) in [5.74, 6) is 0.487. The number of aryl methyl sites for hydroxylation is 1. The molecule has 1 fully saturated rings. The summed E-state index contributed by atoms with van der Waals surface area (Å²) in [5.41, 5.74) is 2.26. The quantitative estimate of drug-likeness (QED) is 0.772. The number of hydrogen-bond acceptors (Lipinski definition) is 4. The van der Waals surface area contributed by atoms with Gasteiger partial charge in [0, 0.05) is 30.6 Å². The summed E-state index contributed by atoms with van der Waals surface area (Å²) < 4.78 is 1.84. The van der Waals surface area contributed by atoms with E-state index < -0.39 is 5.91 Å². The Morgan fingerprint density at radius 1 is 1.39 bits per heavy atom. The number of amides is 1. The number of aromatic amines is 1. The number of anilines is 1. The number of carbonyl (C=O) groups is 1. The number of H-pyrrole nitrogens is 1. The van der Waals surface area contributed by atoms with Crippen molar-refractivity contribution in [3.63, 3.8) is 0 Å². The van der Waals surface area contributed by atoms with Gasteiger partial charge in [0.2, 0.25) is 0 Å². The molecule has 3 aromatic rings. The lowest BCUT2D eigenvalue weighted by Crippen LogP contribution is -2.20. The summed E-state index contributed by atoms with van der Waals surface area (Å²) in [7, 11) is 0. The molecular weight excluding hydrogens is 294 g/mol. The standard InChI is InChI=1S/C16H15N5O2/c1-9-6-11(8-21-5-4-17-15(9)21)18-16(23)12-7-13(22)20-14(19-12)10-2-3-10/h4-8,10H,2-3H2,1H3,(H,18,23)(H,19,20,22). The number of imidazole rings is 1. The van der Waals surface area contributed by atoms with Gasteiger partial charge in [-0.2, -0.15) is 0 Å². The average Bonchev–Trinajstić information content (AvgIpc) is 3.25. The second kappa shape index (κ2) is 5.05. The summed E-state index contributed by atoms with van der Waals surface area (Å²) in [6.45, 7) is 1.93. The number of fused-ring (bicyclic) bond motifs is 1. The van der Waals surface area contributed by atoms with E-state index in [0.717, 1.165) is 24.1 Å². The van der Waals surface area contributed by atoms with Crippen LogP contribution in [0.4, 0.5) is 5.69 Å². The Labute approximate surface area is 131 Å². The molecule has 0 saturated heterocycles. The maximum absolute atomic E-state index is 12.4. The highest BCUT2D eigenvalue weighted by atomic mass is 16.2. The molecule has 7 heteroatoms. The van der Waals surface area contributed by atoms with E-state index in [1.54, 1.807) is 12.4 Å². The van der Waals surface area contributed by atoms with Crippen molar-refractivity contribution in [1.82, 2.24) is 19.4 Å². The van der Waals surface area contributed by atoms with E-state index in [9.17, 15) is 9.59 Å². The molecule has 0 radical (unpaired) electrons. The monoisotopic (exact) mass is 309 g/mol. The molecule has 7 nitrogen and oxygen atoms in total. The highest BCUT2D eigenvalue weighted by Gasteiger charge is 2.27. The van der Waals surface area contributed by atoms with Crippen LogP contribution in [0.1, 0.15) is 40.6 Å². The number of nitrogens with zero attached hydrogens (tertiary/aromatic N) is 3. The summed E-state index contributed by atoms with van der Waals surface area (Å²) in [6, 6.07) is 3.07. The largest absolute Gasteiger partial charge is 0.319 e. The Morgan fingerprint density at radius 3 is 3.00 bits per heavy atom. The van der Waals surface area contributed by atoms with Crippen LogP contribution in [0, 0.1) is 6.92 Å². The van der Waals surface area contributed by atoms with Crippen LogP contribution in [0.25, 0.3) is 5.65 Å². The Morgan fingerprint density at radius 2 is 2.22 bits per heavy atom. The molecule has 3 heterocycles. The average molecular weight is 309 g/mol. The molecule has 1 aliphatic rings. The minimum Gasteiger partial charge on any atom is -0.319 e. The maximum atomic E-state index is 12.4. The molecule has 0 bridgehead atoms. The van der Waals surface area contributed by atoms with Gasteiger partial charge in [0.1, 0.15) is 17.2 Å². The van der Waals surface area contributed by atoms with Crippen LogP contribution >= 0.6 is 0 Å². The number of carbonyl (C=O) groups excluding carboxylic acids is 1. The van der Waals surface area contributed by atoms with Gasteiger partial charge in [0.15, 0.2) is 0 Å². The maximum Gasteiger partial charge on any atom is 0.274 e. The molecule has 3 aromatic heterocycles. The van der Waals surface area contributed by atoms with Crippen LogP contribution in [-0.2, 0) is 0 Å². The molecule has 4 rings (SSSR count). The lowest BCUT2D eigenvalue weighted by atomic mass is 10.2. The zero-order valence-corrected chi connectivity index (χ0v) is 12.5. The first-order valence-corrected chi connectivity index (χ1v) is 7.46. The van der Waals surface area contributed by atoms with E-state index in [1.165, 1.54) is 6.07 Å². The fourth-order valence-corrected chi connectivity index (χ4v) is 2.61. The molecule has 0 unspecified atom stereocenters. The van der Waals surface area contributed by atoms with Crippen molar-refractivity contribution in [3.8, 4) is 0 Å². The summed E-state index contributed by atoms with van der Waals surface area (Å²) in [5, 5.41) is 2.79. The van der Waals surface area contributed by atoms with Gasteiger partial charge in [-0.1, -0.05) is 0 Å². The Kier molecular flexibility index (Phi) is 3.00. The highest BCUT2D eigenvalue weighted by Crippen LogP contribution is 2.37. The molecule has 0 spiro atoms. The smallest absolute Gasteiger partial charge is 0.274 e. The van der Waals surface area contributed by atoms with Gasteiger partial charge in [-0.3, -0.25) is 9.59 Å². The minimum absolute atomic E-state index is 0.138. The van der Waals surface area contributed by atoms with Crippen LogP contribution in [0.15, 0.2) is 35.5 Å². The van der Waals surface area contributed by atoms with Gasteiger partial charge in [-0.05, 0) is 31.4 Å². The van der Waals surface area contributed by atoms with Gasteiger partial charge in [0.25, 0.3) is 11.5 Å². The second-order valence-corrected chi connectivity index (χ2v) is 5.81. The summed E-state index contributed by atoms with van der Waals surface area (Å²) in [6.07, 6.45) is 7.31. The molecule has 1 aliphatic carbocycles. The number of aromatic nitrogens is 4. The lowest BCUT2D eigenvalue weighted by molar-refractivity contribution is 0.102. The van der Waals surface area contributed by atoms with E-state index in [2.05, 4.69) is 20.3 Å². The van der Waals surface area contributed by atoms with Crippen LogP contribution in [-0.4, -0.2) is 25.3 Å². The van der Waals surface area contributed by atoms with Crippen LogP contribution < -0.4 is 10.9 Å². The zero-order chi connectivity index (χ0) is 16.0. The van der Waals surface area contributed by atoms with Gasteiger partial charge < -0.3 is 14.7 Å². The van der Waals surface area contributed by atoms with Crippen molar-refractivity contribution in [2.75, 3.05) is 5.32 Å². The normalized spacial score (nSPS) is 14.1. The predicted molar refractivity (Wildman–Crippen MR) is 84.7 cm³/mol. The highest BCUT2D eigenvalue weighted by molar-refractivity contribution is 6.02. The molecule has 1 saturated carbocycles. The van der Waals surface area contributed by atoms with Crippen molar-refractivity contribution in [1.29, 1.82) is 0 Å². The van der Waals surface area contributed by atoms with Crippen molar-refractivity contribution < 1.29 is 4.79 Å². The van der Waals surface area contributed by atoms with Crippen LogP contribution in [0.5, 0.6) is 0 Å². The third kappa shape index (κ3) is 2.61. The topological polar surface area (TPSA) is 92.1 Å². The first-order chi connectivity index (χ1) is 11.1. The lowest BCUT2D eigenvalue weighted by Gasteiger charge is -2.08. The van der Waals surface area contributed by atoms with Gasteiger partial charge in [-0.25, -0.2) is 9.97 Å². The fourth-order valence-electron chi connectivity index (χ4n) is 2.61. The zero-order valence-electron chi connectivity index (χ0n) is 12.5. The predicted octanol–water partition coefficient (Wildman–Crippen LogP) is 1.86. The molecule has 0 aliphatic heterocycles. The molecule has 2 N–H and O–H groups in total. The SMILES string of the molecule is Cc1cc(NC(=O)c2cc(=O)[nH]c(C3CC3)n2)cn2ccnc12. The van der Waals surface area contributed by atoms with E-state index in [-0.39, 0.29) is 17.2 Å². The number of rotatable bonds is 3. The fraction of sp³-hybridized carbons (Fsp3) is 0.250.